The summed E-state index contributed by atoms with van der Waals surface area (Å²) in [6.07, 6.45) is 2.28. The molecule has 1 aliphatic carbocycles. The summed E-state index contributed by atoms with van der Waals surface area (Å²) in [5.74, 6) is -0.680. The number of pyridine rings is 1. The maximum atomic E-state index is 13.0. The summed E-state index contributed by atoms with van der Waals surface area (Å²) < 4.78 is 61.7. The van der Waals surface area contributed by atoms with Gasteiger partial charge in [-0.3, -0.25) is 4.31 Å². The first-order valence-corrected chi connectivity index (χ1v) is 16.2. The molecule has 39 heavy (non-hydrogen) atoms. The molecule has 2 aromatic heterocycles. The van der Waals surface area contributed by atoms with Crippen LogP contribution >= 0.6 is 0 Å². The number of hydrogen-bond acceptors (Lipinski definition) is 9. The highest BCUT2D eigenvalue weighted by atomic mass is 32.2. The van der Waals surface area contributed by atoms with Gasteiger partial charge in [-0.2, -0.15) is 4.98 Å². The van der Waals surface area contributed by atoms with Crippen molar-refractivity contribution in [1.82, 2.24) is 4.98 Å². The lowest BCUT2D eigenvalue weighted by Crippen LogP contribution is -2.33. The molecule has 1 saturated heterocycles. The molecule has 0 radical (unpaired) electrons. The molecule has 13 heteroatoms. The van der Waals surface area contributed by atoms with Crippen LogP contribution in [0.4, 0.5) is 10.6 Å². The molecule has 3 aromatic rings. The number of ether oxygens (including phenoxy) is 1. The number of sulfone groups is 1. The lowest BCUT2D eigenvalue weighted by atomic mass is 10.0. The van der Waals surface area contributed by atoms with E-state index in [2.05, 4.69) is 4.98 Å². The van der Waals surface area contributed by atoms with Gasteiger partial charge in [0.2, 0.25) is 15.7 Å². The molecule has 1 aromatic carbocycles. The molecule has 1 amide bonds. The van der Waals surface area contributed by atoms with E-state index in [1.165, 1.54) is 4.31 Å². The third-order valence-corrected chi connectivity index (χ3v) is 10.1. The summed E-state index contributed by atoms with van der Waals surface area (Å²) in [4.78, 5) is 29.0. The number of nitrogens with zero attached hydrogens (tertiary/aromatic N) is 2. The molecule has 5 rings (SSSR count). The largest absolute Gasteiger partial charge is 0.437 e. The topological polar surface area (TPSA) is 167 Å². The van der Waals surface area contributed by atoms with Crippen LogP contribution in [0.25, 0.3) is 22.4 Å². The molecule has 11 nitrogen and oxygen atoms in total. The van der Waals surface area contributed by atoms with Crippen molar-refractivity contribution in [2.24, 2.45) is 11.7 Å². The van der Waals surface area contributed by atoms with E-state index in [9.17, 15) is 26.4 Å². The smallest absolute Gasteiger partial charge is 0.412 e. The van der Waals surface area contributed by atoms with E-state index in [4.69, 9.17) is 14.9 Å². The zero-order chi connectivity index (χ0) is 28.1. The van der Waals surface area contributed by atoms with E-state index in [-0.39, 0.29) is 58.1 Å². The number of fused-ring (bicyclic) bond motifs is 1. The number of furan rings is 1. The number of primary amides is 1. The molecule has 1 atom stereocenters. The normalized spacial score (nSPS) is 18.8. The third-order valence-electron chi connectivity index (χ3n) is 7.12. The first-order valence-electron chi connectivity index (χ1n) is 12.6. The predicted octanol–water partition coefficient (Wildman–Crippen LogP) is 3.51. The van der Waals surface area contributed by atoms with Crippen LogP contribution in [0.2, 0.25) is 0 Å². The Labute approximate surface area is 226 Å². The van der Waals surface area contributed by atoms with E-state index < -0.39 is 31.9 Å². The molecule has 2 N–H and O–H groups in total. The number of sulfonamides is 1. The van der Waals surface area contributed by atoms with E-state index >= 15 is 0 Å². The van der Waals surface area contributed by atoms with E-state index in [0.717, 1.165) is 24.7 Å². The standard InChI is InChI=1S/C26H29N3O8S2/c1-15-3-5-18(6-4-15)22-21(25(30)37-26(27)31)20-13-19(17-7-8-17)23(28-24(20)36-22)29(38(2,32)33)11-9-16-10-12-39(34,35)14-16/h3-6,13,16-17H,7-12,14H2,1-2H3,(H2,27,31). The molecule has 1 aliphatic heterocycles. The average Bonchev–Trinajstić information content (AvgIpc) is 3.52. The first-order chi connectivity index (χ1) is 18.3. The second-order valence-electron chi connectivity index (χ2n) is 10.3. The number of anilines is 1. The Balaban J connectivity index is 1.64. The number of amides is 1. The van der Waals surface area contributed by atoms with Crippen LogP contribution in [0.5, 0.6) is 0 Å². The maximum absolute atomic E-state index is 13.0. The Morgan fingerprint density at radius 1 is 1.18 bits per heavy atom. The van der Waals surface area contributed by atoms with Gasteiger partial charge in [0.25, 0.3) is 0 Å². The minimum absolute atomic E-state index is 0.00140. The molecule has 2 fully saturated rings. The van der Waals surface area contributed by atoms with Crippen LogP contribution in [0.15, 0.2) is 34.7 Å². The van der Waals surface area contributed by atoms with Crippen molar-refractivity contribution in [3.63, 3.8) is 0 Å². The lowest BCUT2D eigenvalue weighted by molar-refractivity contribution is 0.0640. The molecular formula is C26H29N3O8S2. The quantitative estimate of drug-likeness (QED) is 0.312. The van der Waals surface area contributed by atoms with Crippen molar-refractivity contribution in [3.8, 4) is 11.3 Å². The molecule has 1 unspecified atom stereocenters. The summed E-state index contributed by atoms with van der Waals surface area (Å²) in [6.45, 7) is 1.96. The second-order valence-corrected chi connectivity index (χ2v) is 14.4. The van der Waals surface area contributed by atoms with Crippen LogP contribution in [-0.2, 0) is 24.6 Å². The number of rotatable bonds is 8. The summed E-state index contributed by atoms with van der Waals surface area (Å²) in [6, 6.07) is 8.82. The zero-order valence-electron chi connectivity index (χ0n) is 21.5. The van der Waals surface area contributed by atoms with Gasteiger partial charge < -0.3 is 14.9 Å². The van der Waals surface area contributed by atoms with Crippen LogP contribution in [0.1, 0.15) is 53.1 Å². The number of aryl methyl sites for hydroxylation is 1. The van der Waals surface area contributed by atoms with Crippen LogP contribution in [0.3, 0.4) is 0 Å². The number of nitrogens with two attached hydrogens (primary N) is 1. The highest BCUT2D eigenvalue weighted by Crippen LogP contribution is 2.47. The minimum Gasteiger partial charge on any atom is -0.437 e. The second kappa shape index (κ2) is 9.94. The molecule has 3 heterocycles. The lowest BCUT2D eigenvalue weighted by Gasteiger charge is -2.25. The Hall–Kier alpha value is -3.45. The Morgan fingerprint density at radius 3 is 2.44 bits per heavy atom. The molecule has 2 aliphatic rings. The minimum atomic E-state index is -3.80. The summed E-state index contributed by atoms with van der Waals surface area (Å²) in [5.41, 5.74) is 7.22. The Morgan fingerprint density at radius 2 is 1.87 bits per heavy atom. The Bertz CT molecular complexity index is 1670. The highest BCUT2D eigenvalue weighted by Gasteiger charge is 2.36. The van der Waals surface area contributed by atoms with Crippen molar-refractivity contribution in [3.05, 3.63) is 47.0 Å². The fourth-order valence-electron chi connectivity index (χ4n) is 5.01. The summed E-state index contributed by atoms with van der Waals surface area (Å²) >= 11 is 0. The van der Waals surface area contributed by atoms with Gasteiger partial charge in [0.15, 0.2) is 15.6 Å². The fourth-order valence-corrected chi connectivity index (χ4v) is 7.81. The molecule has 208 valence electrons. The van der Waals surface area contributed by atoms with Crippen LogP contribution in [-0.4, -0.2) is 58.2 Å². The number of aromatic nitrogens is 1. The maximum Gasteiger partial charge on any atom is 0.412 e. The average molecular weight is 576 g/mol. The summed E-state index contributed by atoms with van der Waals surface area (Å²) in [7, 11) is -6.91. The first kappa shape index (κ1) is 27.1. The van der Waals surface area contributed by atoms with Gasteiger partial charge in [-0.1, -0.05) is 29.8 Å². The summed E-state index contributed by atoms with van der Waals surface area (Å²) in [5, 5.41) is 0.276. The van der Waals surface area contributed by atoms with Gasteiger partial charge in [0.1, 0.15) is 11.4 Å². The number of hydrogen-bond donors (Lipinski definition) is 1. The zero-order valence-corrected chi connectivity index (χ0v) is 23.2. The van der Waals surface area contributed by atoms with E-state index in [1.54, 1.807) is 18.2 Å². The van der Waals surface area contributed by atoms with Gasteiger partial charge in [-0.15, -0.1) is 0 Å². The Kier molecular flexibility index (Phi) is 6.91. The van der Waals surface area contributed by atoms with Gasteiger partial charge in [0, 0.05) is 12.1 Å². The van der Waals surface area contributed by atoms with Gasteiger partial charge in [-0.25, -0.2) is 26.4 Å². The molecule has 0 bridgehead atoms. The van der Waals surface area contributed by atoms with Gasteiger partial charge in [-0.05, 0) is 56.1 Å². The van der Waals surface area contributed by atoms with E-state index in [0.29, 0.717) is 24.0 Å². The van der Waals surface area contributed by atoms with Crippen molar-refractivity contribution < 1.29 is 35.6 Å². The molecule has 1 saturated carbocycles. The number of carbonyl (C=O) groups is 2. The third kappa shape index (κ3) is 5.78. The fraction of sp³-hybridized carbons (Fsp3) is 0.423. The van der Waals surface area contributed by atoms with Crippen LogP contribution < -0.4 is 10.0 Å². The highest BCUT2D eigenvalue weighted by molar-refractivity contribution is 7.92. The number of benzene rings is 1. The van der Waals surface area contributed by atoms with E-state index in [1.807, 2.05) is 19.1 Å². The van der Waals surface area contributed by atoms with Crippen molar-refractivity contribution in [2.45, 2.75) is 38.5 Å². The predicted molar refractivity (Wildman–Crippen MR) is 145 cm³/mol. The number of esters is 1. The molecular weight excluding hydrogens is 546 g/mol. The molecule has 0 spiro atoms. The van der Waals surface area contributed by atoms with Gasteiger partial charge in [0.05, 0.1) is 23.1 Å². The van der Waals surface area contributed by atoms with Crippen molar-refractivity contribution >= 4 is 48.8 Å². The van der Waals surface area contributed by atoms with Crippen LogP contribution in [0, 0.1) is 12.8 Å². The van der Waals surface area contributed by atoms with Gasteiger partial charge >= 0.3 is 12.1 Å². The SMILES string of the molecule is Cc1ccc(-c2oc3nc(N(CCC4CCS(=O)(=O)C4)S(C)(=O)=O)c(C4CC4)cc3c2C(=O)OC(N)=O)cc1. The number of carbonyl (C=O) groups excluding carboxylic acids is 2. The monoisotopic (exact) mass is 575 g/mol. The van der Waals surface area contributed by atoms with Crippen molar-refractivity contribution in [2.75, 3.05) is 28.6 Å². The van der Waals surface area contributed by atoms with Crippen molar-refractivity contribution in [1.29, 1.82) is 0 Å².